The first-order chi connectivity index (χ1) is 19.8. The van der Waals surface area contributed by atoms with Crippen molar-refractivity contribution in [3.8, 4) is 0 Å². The van der Waals surface area contributed by atoms with E-state index in [9.17, 15) is 34.0 Å². The van der Waals surface area contributed by atoms with Crippen molar-refractivity contribution in [3.05, 3.63) is 0 Å². The molecule has 0 aromatic rings. The number of hydroxylamine groups is 2. The fourth-order valence-electron chi connectivity index (χ4n) is 4.89. The van der Waals surface area contributed by atoms with E-state index in [-0.39, 0.29) is 38.2 Å². The van der Waals surface area contributed by atoms with Crippen molar-refractivity contribution in [2.75, 3.05) is 19.7 Å². The van der Waals surface area contributed by atoms with Crippen molar-refractivity contribution in [1.82, 2.24) is 26.3 Å². The Bertz CT molecular complexity index is 1060. The lowest BCUT2D eigenvalue weighted by Gasteiger charge is -2.49. The summed E-state index contributed by atoms with van der Waals surface area (Å²) in [5.74, 6) is -7.21. The number of rotatable bonds is 16. The number of hydrogen-bond acceptors (Lipinski definition) is 9. The summed E-state index contributed by atoms with van der Waals surface area (Å²) in [6.07, 6.45) is -0.0907. The van der Waals surface area contributed by atoms with Crippen molar-refractivity contribution in [2.45, 2.75) is 89.0 Å². The van der Waals surface area contributed by atoms with Gasteiger partial charge in [0.25, 0.3) is 0 Å². The third-order valence-corrected chi connectivity index (χ3v) is 6.79. The molecular weight excluding hydrogens is 572 g/mol. The number of carbonyl (C=O) groups is 6. The molecule has 4 amide bonds. The molecule has 0 aliphatic carbocycles. The van der Waals surface area contributed by atoms with Crippen molar-refractivity contribution >= 4 is 41.5 Å². The summed E-state index contributed by atoms with van der Waals surface area (Å²) < 4.78 is 0. The zero-order valence-electron chi connectivity index (χ0n) is 24.7. The number of nitrogens with two attached hydrogens (primary N) is 2. The van der Waals surface area contributed by atoms with Gasteiger partial charge in [-0.1, -0.05) is 0 Å². The normalized spacial score (nSPS) is 18.3. The average Bonchev–Trinajstić information content (AvgIpc) is 2.88. The van der Waals surface area contributed by atoms with Gasteiger partial charge in [-0.2, -0.15) is 0 Å². The number of aliphatic hydroxyl groups is 1. The van der Waals surface area contributed by atoms with Crippen LogP contribution in [0.5, 0.6) is 0 Å². The van der Waals surface area contributed by atoms with Gasteiger partial charge in [0.1, 0.15) is 18.1 Å². The Morgan fingerprint density at radius 1 is 0.907 bits per heavy atom. The minimum Gasteiger partial charge on any atom is -0.481 e. The Morgan fingerprint density at radius 2 is 1.49 bits per heavy atom. The van der Waals surface area contributed by atoms with Crippen LogP contribution in [0.3, 0.4) is 0 Å². The van der Waals surface area contributed by atoms with E-state index >= 15 is 0 Å². The lowest BCUT2D eigenvalue weighted by Crippen LogP contribution is -2.61. The number of nitrogens with one attached hydrogen (secondary N) is 4. The molecule has 1 aliphatic rings. The standard InChI is InChI=1S/C25H43N8O10/c1-24(2)9-13(10-25(3,4)33(24)43)19(38)31-14(6-5-7-28-23(26)27)20(39)29-11-17(35)30-15(8-18(36)37)21(40)32-16(12-34)22(41)42/h13-16,34H,5-12H2,1-4H3,(H,29,39)(H,30,35)(H,31,38)(H,32,40)(H,36,37)(H,41,42)(H4,26,27,28)/t14-,15-,16-/m0/s1. The summed E-state index contributed by atoms with van der Waals surface area (Å²) in [4.78, 5) is 77.2. The summed E-state index contributed by atoms with van der Waals surface area (Å²) in [6, 6.07) is -4.59. The fourth-order valence-corrected chi connectivity index (χ4v) is 4.89. The van der Waals surface area contributed by atoms with E-state index in [2.05, 4.69) is 20.9 Å². The van der Waals surface area contributed by atoms with E-state index < -0.39 is 90.3 Å². The molecule has 3 atom stereocenters. The molecule has 43 heavy (non-hydrogen) atoms. The summed E-state index contributed by atoms with van der Waals surface area (Å²) in [5.41, 5.74) is 8.98. The number of hydrogen-bond donors (Lipinski definition) is 9. The smallest absolute Gasteiger partial charge is 0.328 e. The average molecular weight is 616 g/mol. The second-order valence-electron chi connectivity index (χ2n) is 11.6. The highest BCUT2D eigenvalue weighted by Crippen LogP contribution is 2.40. The Balaban J connectivity index is 2.95. The van der Waals surface area contributed by atoms with Crippen LogP contribution < -0.4 is 32.7 Å². The number of carbonyl (C=O) groups excluding carboxylic acids is 4. The summed E-state index contributed by atoms with van der Waals surface area (Å²) in [6.45, 7) is 5.34. The van der Waals surface area contributed by atoms with Crippen molar-refractivity contribution in [2.24, 2.45) is 22.4 Å². The molecule has 1 rings (SSSR count). The Morgan fingerprint density at radius 3 is 1.98 bits per heavy atom. The SMILES string of the molecule is CC1(C)CC(C(=O)N[C@@H](CCCN=C(N)N)C(=O)NCC(=O)N[C@@H](CC(=O)O)C(=O)N[C@@H](CO)C(=O)O)CC(C)(C)N1[O]. The summed E-state index contributed by atoms with van der Waals surface area (Å²) in [5, 5.41) is 49.8. The number of carboxylic acids is 2. The Labute approximate surface area is 248 Å². The van der Waals surface area contributed by atoms with Crippen molar-refractivity contribution in [1.29, 1.82) is 0 Å². The highest BCUT2D eigenvalue weighted by Gasteiger charge is 2.48. The predicted molar refractivity (Wildman–Crippen MR) is 149 cm³/mol. The van der Waals surface area contributed by atoms with E-state index in [1.807, 2.05) is 5.32 Å². The van der Waals surface area contributed by atoms with Crippen LogP contribution >= 0.6 is 0 Å². The number of carboxylic acid groups (broad SMARTS) is 2. The molecule has 0 aromatic heterocycles. The second-order valence-corrected chi connectivity index (χ2v) is 11.6. The predicted octanol–water partition coefficient (Wildman–Crippen LogP) is -3.22. The van der Waals surface area contributed by atoms with Gasteiger partial charge in [0.2, 0.25) is 23.6 Å². The molecule has 1 radical (unpaired) electrons. The molecule has 243 valence electrons. The highest BCUT2D eigenvalue weighted by atomic mass is 16.5. The van der Waals surface area contributed by atoms with Gasteiger partial charge in [-0.15, -0.1) is 10.3 Å². The molecule has 18 heteroatoms. The lowest BCUT2D eigenvalue weighted by molar-refractivity contribution is -0.292. The van der Waals surface area contributed by atoms with Crippen LogP contribution in [0.2, 0.25) is 0 Å². The zero-order valence-corrected chi connectivity index (χ0v) is 24.7. The zero-order chi connectivity index (χ0) is 33.1. The second kappa shape index (κ2) is 16.0. The molecule has 0 spiro atoms. The van der Waals surface area contributed by atoms with Gasteiger partial charge >= 0.3 is 11.9 Å². The summed E-state index contributed by atoms with van der Waals surface area (Å²) in [7, 11) is 0. The van der Waals surface area contributed by atoms with Crippen LogP contribution in [0.1, 0.15) is 59.8 Å². The molecular formula is C25H43N8O10. The molecule has 0 saturated carbocycles. The van der Waals surface area contributed by atoms with Gasteiger partial charge in [-0.05, 0) is 53.4 Å². The quantitative estimate of drug-likeness (QED) is 0.0470. The maximum absolute atomic E-state index is 13.2. The number of amides is 4. The summed E-state index contributed by atoms with van der Waals surface area (Å²) >= 11 is 0. The van der Waals surface area contributed by atoms with Crippen LogP contribution in [-0.2, 0) is 34.0 Å². The highest BCUT2D eigenvalue weighted by molar-refractivity contribution is 5.95. The molecule has 0 unspecified atom stereocenters. The Hall–Kier alpha value is -4.03. The van der Waals surface area contributed by atoms with E-state index in [4.69, 9.17) is 26.8 Å². The van der Waals surface area contributed by atoms with Gasteiger partial charge in [0.05, 0.1) is 19.6 Å². The third-order valence-electron chi connectivity index (χ3n) is 6.79. The van der Waals surface area contributed by atoms with Crippen LogP contribution in [0, 0.1) is 5.92 Å². The Kier molecular flexibility index (Phi) is 13.8. The molecule has 0 aromatic carbocycles. The van der Waals surface area contributed by atoms with E-state index in [1.54, 1.807) is 27.7 Å². The number of aliphatic imine (C=N–C) groups is 1. The van der Waals surface area contributed by atoms with E-state index in [1.165, 1.54) is 0 Å². The topological polar surface area (TPSA) is 299 Å². The lowest BCUT2D eigenvalue weighted by atomic mass is 9.75. The number of piperidine rings is 1. The molecule has 1 aliphatic heterocycles. The number of aliphatic hydroxyl groups excluding tert-OH is 1. The van der Waals surface area contributed by atoms with Crippen LogP contribution in [-0.4, -0.2) is 111 Å². The fraction of sp³-hybridized carbons (Fsp3) is 0.720. The van der Waals surface area contributed by atoms with E-state index in [0.29, 0.717) is 0 Å². The molecule has 1 saturated heterocycles. The van der Waals surface area contributed by atoms with E-state index in [0.717, 1.165) is 5.06 Å². The maximum Gasteiger partial charge on any atom is 0.328 e. The van der Waals surface area contributed by atoms with Crippen molar-refractivity contribution < 1.29 is 49.3 Å². The molecule has 18 nitrogen and oxygen atoms in total. The minimum atomic E-state index is -1.74. The largest absolute Gasteiger partial charge is 0.481 e. The number of aliphatic carboxylic acids is 2. The van der Waals surface area contributed by atoms with Gasteiger partial charge in [0.15, 0.2) is 5.96 Å². The molecule has 11 N–H and O–H groups in total. The molecule has 1 fully saturated rings. The van der Waals surface area contributed by atoms with Gasteiger partial charge < -0.3 is 48.1 Å². The monoisotopic (exact) mass is 615 g/mol. The number of guanidine groups is 1. The van der Waals surface area contributed by atoms with Crippen LogP contribution in [0.4, 0.5) is 0 Å². The maximum atomic E-state index is 13.2. The van der Waals surface area contributed by atoms with Crippen LogP contribution in [0.25, 0.3) is 0 Å². The first kappa shape index (κ1) is 37.0. The molecule has 0 bridgehead atoms. The van der Waals surface area contributed by atoms with Gasteiger partial charge in [-0.3, -0.25) is 29.0 Å². The first-order valence-corrected chi connectivity index (χ1v) is 13.6. The first-order valence-electron chi connectivity index (χ1n) is 13.6. The van der Waals surface area contributed by atoms with Crippen LogP contribution in [0.15, 0.2) is 4.99 Å². The third kappa shape index (κ3) is 12.0. The number of nitrogens with zero attached hydrogens (tertiary/aromatic N) is 2. The van der Waals surface area contributed by atoms with Gasteiger partial charge in [-0.25, -0.2) is 4.79 Å². The van der Waals surface area contributed by atoms with Gasteiger partial charge in [0, 0.05) is 23.5 Å². The van der Waals surface area contributed by atoms with Crippen molar-refractivity contribution in [3.63, 3.8) is 0 Å². The minimum absolute atomic E-state index is 0.0743. The molecule has 1 heterocycles.